The van der Waals surface area contributed by atoms with Crippen LogP contribution in [0.1, 0.15) is 44.9 Å². The number of allylic oxidation sites excluding steroid dienone is 2. The van der Waals surface area contributed by atoms with Crippen LogP contribution in [0.3, 0.4) is 0 Å². The van der Waals surface area contributed by atoms with Crippen LogP contribution < -0.4 is 37.1 Å². The number of carboxylic acids is 2. The number of aliphatic carboxylic acids is 2. The Bertz CT molecular complexity index is 953. The summed E-state index contributed by atoms with van der Waals surface area (Å²) in [6.07, 6.45) is 8.25. The van der Waals surface area contributed by atoms with E-state index in [1.54, 1.807) is 12.2 Å². The number of carbonyl (C=O) groups is 2. The number of nitrogens with two attached hydrogens (primary N) is 2. The number of hydrogen-bond donors (Lipinski definition) is 7. The van der Waals surface area contributed by atoms with Gasteiger partial charge in [-0.15, -0.1) is 0 Å². The normalized spacial score (nSPS) is 21.9. The molecule has 0 spiro atoms. The van der Waals surface area contributed by atoms with Crippen LogP contribution >= 0.6 is 0 Å². The van der Waals surface area contributed by atoms with Gasteiger partial charge in [-0.25, -0.2) is 0 Å². The third-order valence-electron chi connectivity index (χ3n) is 6.35. The lowest BCUT2D eigenvalue weighted by Gasteiger charge is -2.19. The minimum absolute atomic E-state index is 0.0312. The predicted molar refractivity (Wildman–Crippen MR) is 143 cm³/mol. The molecular formula is C28H44N4O8. The molecule has 0 saturated heterocycles. The number of rotatable bonds is 16. The third-order valence-corrected chi connectivity index (χ3v) is 6.35. The van der Waals surface area contributed by atoms with E-state index in [9.17, 15) is 35.1 Å². The Kier molecular flexibility index (Phi) is 16.9. The van der Waals surface area contributed by atoms with Crippen molar-refractivity contribution in [2.75, 3.05) is 13.2 Å². The molecule has 11 N–H and O–H groups in total. The van der Waals surface area contributed by atoms with E-state index >= 15 is 0 Å². The summed E-state index contributed by atoms with van der Waals surface area (Å²) in [6.45, 7) is 0.663. The Morgan fingerprint density at radius 2 is 1.82 bits per heavy atom. The maximum absolute atomic E-state index is 10.4. The van der Waals surface area contributed by atoms with Crippen LogP contribution in [0.2, 0.25) is 0 Å². The second-order valence-corrected chi connectivity index (χ2v) is 9.70. The Morgan fingerprint density at radius 3 is 2.45 bits per heavy atom. The fraction of sp³-hybridized carbons (Fsp3) is 0.536. The maximum atomic E-state index is 10.4. The average molecular weight is 565 g/mol. The van der Waals surface area contributed by atoms with Crippen LogP contribution in [0, 0.1) is 11.8 Å². The molecule has 1 aromatic rings. The van der Waals surface area contributed by atoms with Gasteiger partial charge in [-0.3, -0.25) is 16.5 Å². The van der Waals surface area contributed by atoms with Crippen molar-refractivity contribution in [3.05, 3.63) is 54.6 Å². The van der Waals surface area contributed by atoms with E-state index in [1.165, 1.54) is 0 Å². The topological polar surface area (TPSA) is 244 Å². The number of carboxylic acid groups (broad SMARTS) is 2. The first kappa shape index (κ1) is 34.6. The van der Waals surface area contributed by atoms with Gasteiger partial charge >= 0.3 is 5.96 Å². The molecule has 2 rings (SSSR count). The van der Waals surface area contributed by atoms with E-state index in [4.69, 9.17) is 16.2 Å². The van der Waals surface area contributed by atoms with Gasteiger partial charge < -0.3 is 45.6 Å². The average Bonchev–Trinajstić information content (AvgIpc) is 3.18. The van der Waals surface area contributed by atoms with E-state index in [2.05, 4.69) is 10.7 Å². The molecule has 12 nitrogen and oxygen atoms in total. The van der Waals surface area contributed by atoms with Crippen molar-refractivity contribution in [3.63, 3.8) is 0 Å². The predicted octanol–water partition coefficient (Wildman–Crippen LogP) is -4.31. The Labute approximate surface area is 234 Å². The molecule has 12 heteroatoms. The molecule has 224 valence electrons. The number of aliphatic hydroxyl groups excluding tert-OH is 3. The number of benzene rings is 1. The molecule has 1 aromatic carbocycles. The minimum atomic E-state index is -1.13. The highest BCUT2D eigenvalue weighted by molar-refractivity contribution is 5.69. The van der Waals surface area contributed by atoms with Gasteiger partial charge in [0.25, 0.3) is 0 Å². The molecule has 0 aromatic heterocycles. The number of aliphatic hydroxyl groups is 3. The second kappa shape index (κ2) is 19.6. The van der Waals surface area contributed by atoms with E-state index < -0.39 is 36.3 Å². The number of quaternary nitrogens is 1. The summed E-state index contributed by atoms with van der Waals surface area (Å²) in [4.78, 5) is 23.2. The van der Waals surface area contributed by atoms with E-state index in [0.29, 0.717) is 50.8 Å². The Balaban J connectivity index is 0.000000562. The van der Waals surface area contributed by atoms with E-state index in [1.807, 2.05) is 42.5 Å². The van der Waals surface area contributed by atoms with Crippen LogP contribution in [-0.4, -0.2) is 70.7 Å². The lowest BCUT2D eigenvalue weighted by Crippen LogP contribution is -2.78. The summed E-state index contributed by atoms with van der Waals surface area (Å²) in [5.41, 5.74) is 13.6. The number of carbonyl (C=O) groups excluding carboxylic acids is 2. The fourth-order valence-electron chi connectivity index (χ4n) is 4.15. The molecular weight excluding hydrogens is 520 g/mol. The lowest BCUT2D eigenvalue weighted by atomic mass is 9.89. The highest BCUT2D eigenvalue weighted by atomic mass is 16.5. The number of ether oxygens (including phenoxy) is 1. The zero-order chi connectivity index (χ0) is 29.9. The smallest absolute Gasteiger partial charge is 0.338 e. The molecule has 0 aliphatic heterocycles. The van der Waals surface area contributed by atoms with Crippen LogP contribution in [0.25, 0.3) is 0 Å². The van der Waals surface area contributed by atoms with E-state index in [0.717, 1.165) is 0 Å². The zero-order valence-electron chi connectivity index (χ0n) is 22.8. The summed E-state index contributed by atoms with van der Waals surface area (Å²) >= 11 is 0. The monoisotopic (exact) mass is 564 g/mol. The summed E-state index contributed by atoms with van der Waals surface area (Å²) in [5.74, 6) is -1.76. The number of unbranched alkanes of at least 4 members (excludes halogenated alkanes) is 1. The number of guanidine groups is 1. The van der Waals surface area contributed by atoms with Gasteiger partial charge in [0, 0.05) is 24.7 Å². The Hall–Kier alpha value is -3.45. The minimum Gasteiger partial charge on any atom is -0.550 e. The third kappa shape index (κ3) is 15.2. The van der Waals surface area contributed by atoms with Gasteiger partial charge in [-0.2, -0.15) is 0 Å². The molecule has 0 amide bonds. The van der Waals surface area contributed by atoms with Crippen molar-refractivity contribution in [2.24, 2.45) is 23.3 Å². The van der Waals surface area contributed by atoms with Crippen LogP contribution in [-0.2, 0) is 9.59 Å². The molecule has 0 radical (unpaired) electrons. The summed E-state index contributed by atoms with van der Waals surface area (Å²) < 4.78 is 5.51. The molecule has 1 aliphatic carbocycles. The molecule has 6 atom stereocenters. The van der Waals surface area contributed by atoms with Crippen LogP contribution in [0.5, 0.6) is 5.75 Å². The zero-order valence-corrected chi connectivity index (χ0v) is 22.8. The largest absolute Gasteiger partial charge is 0.550 e. The number of nitrogens with one attached hydrogen (secondary N) is 1. The molecule has 1 fully saturated rings. The Morgan fingerprint density at radius 1 is 1.12 bits per heavy atom. The fourth-order valence-corrected chi connectivity index (χ4v) is 4.15. The molecule has 1 aliphatic rings. The van der Waals surface area contributed by atoms with Crippen LogP contribution in [0.15, 0.2) is 54.6 Å². The SMILES string of the molecule is NC(N)=[NH+]CCC[C@H]([NH3+])C(=O)[O-].O=C([O-])CCC/C=C\CC1[C@@H](/C=C/[C@@H](O)COc2ccccc2)[C@H](O)C[C@@H]1O. The van der Waals surface area contributed by atoms with Gasteiger partial charge in [-0.05, 0) is 50.2 Å². The molecule has 1 saturated carbocycles. The van der Waals surface area contributed by atoms with Gasteiger partial charge in [0.15, 0.2) is 0 Å². The van der Waals surface area contributed by atoms with Crippen molar-refractivity contribution in [1.82, 2.24) is 0 Å². The highest BCUT2D eigenvalue weighted by Crippen LogP contribution is 2.36. The maximum Gasteiger partial charge on any atom is 0.338 e. The van der Waals surface area contributed by atoms with Crippen molar-refractivity contribution < 1.29 is 50.6 Å². The molecule has 40 heavy (non-hydrogen) atoms. The van der Waals surface area contributed by atoms with Crippen molar-refractivity contribution in [2.45, 2.75) is 69.3 Å². The summed E-state index contributed by atoms with van der Waals surface area (Å²) in [6, 6.07) is 8.54. The van der Waals surface area contributed by atoms with Crippen LogP contribution in [0.4, 0.5) is 0 Å². The second-order valence-electron chi connectivity index (χ2n) is 9.70. The van der Waals surface area contributed by atoms with Crippen molar-refractivity contribution in [1.29, 1.82) is 0 Å². The summed E-state index contributed by atoms with van der Waals surface area (Å²) in [7, 11) is 0. The molecule has 1 unspecified atom stereocenters. The first-order valence-electron chi connectivity index (χ1n) is 13.4. The first-order chi connectivity index (χ1) is 19.0. The van der Waals surface area contributed by atoms with Crippen molar-refractivity contribution >= 4 is 17.9 Å². The van der Waals surface area contributed by atoms with Gasteiger partial charge in [0.05, 0.1) is 24.7 Å². The number of para-hydroxylation sites is 1. The highest BCUT2D eigenvalue weighted by Gasteiger charge is 2.39. The quantitative estimate of drug-likeness (QED) is 0.0440. The molecule has 0 heterocycles. The first-order valence-corrected chi connectivity index (χ1v) is 13.4. The van der Waals surface area contributed by atoms with E-state index in [-0.39, 0.29) is 30.8 Å². The molecule has 0 bridgehead atoms. The van der Waals surface area contributed by atoms with Crippen molar-refractivity contribution in [3.8, 4) is 5.75 Å². The summed E-state index contributed by atoms with van der Waals surface area (Å²) in [5, 5.41) is 51.1. The lowest BCUT2D eigenvalue weighted by molar-refractivity contribution is -0.466. The van der Waals surface area contributed by atoms with Gasteiger partial charge in [0.1, 0.15) is 24.5 Å². The van der Waals surface area contributed by atoms with Gasteiger partial charge in [0.2, 0.25) is 0 Å². The standard InChI is InChI=1S/C22H30O6.C6H14N4O2/c23-16(15-28-17-8-4-3-5-9-17)12-13-19-18(20(24)14-21(19)25)10-6-1-2-7-11-22(26)27;7-4(5(11)12)2-1-3-10-6(8)9/h1,3-6,8-9,12-13,16,18-21,23-25H,2,7,10-11,14-15H2,(H,26,27);4H,1-3,7H2,(H,11,12)(H4,8,9,10)/b6-1-,13-12+;/t16-,18?,19-,20+,21-;4-/m10/s1. The number of hydrogen-bond acceptors (Lipinski definition) is 8. The van der Waals surface area contributed by atoms with Gasteiger partial charge in [-0.1, -0.05) is 42.5 Å².